The molecule has 0 radical (unpaired) electrons. The fraction of sp³-hybridized carbons (Fsp3) is 0.950. The maximum atomic E-state index is 10.4. The Morgan fingerprint density at radius 2 is 1.04 bits per heavy atom. The molecule has 2 atom stereocenters. The van der Waals surface area contributed by atoms with E-state index in [-0.39, 0.29) is 6.42 Å². The van der Waals surface area contributed by atoms with Gasteiger partial charge in [0.25, 0.3) is 0 Å². The molecule has 0 aromatic carbocycles. The van der Waals surface area contributed by atoms with E-state index >= 15 is 0 Å². The Morgan fingerprint density at radius 3 is 1.46 bits per heavy atom. The maximum absolute atomic E-state index is 10.4. The molecule has 0 heterocycles. The van der Waals surface area contributed by atoms with E-state index in [0.717, 1.165) is 64.2 Å². The summed E-state index contributed by atoms with van der Waals surface area (Å²) in [5, 5.41) is 28.5. The summed E-state index contributed by atoms with van der Waals surface area (Å²) >= 11 is 0. The molecule has 0 amide bonds. The van der Waals surface area contributed by atoms with Gasteiger partial charge in [0.15, 0.2) is 0 Å². The molecule has 0 aliphatic heterocycles. The van der Waals surface area contributed by atoms with Crippen molar-refractivity contribution >= 4 is 5.97 Å². The van der Waals surface area contributed by atoms with Crippen LogP contribution in [0.3, 0.4) is 0 Å². The molecule has 0 bridgehead atoms. The number of unbranched alkanes of at least 4 members (excludes halogenated alkanes) is 11. The molecule has 0 saturated heterocycles. The van der Waals surface area contributed by atoms with Crippen LogP contribution in [0, 0.1) is 0 Å². The first-order valence-corrected chi connectivity index (χ1v) is 10.2. The largest absolute Gasteiger partial charge is 0.481 e. The van der Waals surface area contributed by atoms with Gasteiger partial charge in [-0.1, -0.05) is 84.0 Å². The molecule has 0 spiro atoms. The van der Waals surface area contributed by atoms with Crippen molar-refractivity contribution in [3.8, 4) is 0 Å². The van der Waals surface area contributed by atoms with Gasteiger partial charge in [-0.15, -0.1) is 0 Å². The van der Waals surface area contributed by atoms with Crippen LogP contribution in [-0.2, 0) is 4.79 Å². The first-order valence-electron chi connectivity index (χ1n) is 10.2. The summed E-state index contributed by atoms with van der Waals surface area (Å²) in [7, 11) is 0. The first kappa shape index (κ1) is 23.4. The van der Waals surface area contributed by atoms with Crippen molar-refractivity contribution in [1.29, 1.82) is 0 Å². The lowest BCUT2D eigenvalue weighted by Crippen LogP contribution is -2.25. The summed E-state index contributed by atoms with van der Waals surface area (Å²) in [5.41, 5.74) is 0. The fourth-order valence-corrected chi connectivity index (χ4v) is 3.03. The molecule has 0 rings (SSSR count). The van der Waals surface area contributed by atoms with Gasteiger partial charge in [-0.05, 0) is 19.3 Å². The topological polar surface area (TPSA) is 77.8 Å². The Morgan fingerprint density at radius 1 is 0.667 bits per heavy atom. The molecule has 0 aliphatic carbocycles. The number of carboxylic acids is 1. The van der Waals surface area contributed by atoms with E-state index in [1.807, 2.05) is 0 Å². The molecular weight excluding hydrogens is 304 g/mol. The number of carboxylic acid groups (broad SMARTS) is 1. The van der Waals surface area contributed by atoms with Gasteiger partial charge in [-0.2, -0.15) is 0 Å². The third-order valence-corrected chi connectivity index (χ3v) is 4.69. The molecule has 0 unspecified atom stereocenters. The molecule has 0 aromatic rings. The number of rotatable bonds is 18. The van der Waals surface area contributed by atoms with Crippen molar-refractivity contribution in [1.82, 2.24) is 0 Å². The van der Waals surface area contributed by atoms with Crippen molar-refractivity contribution in [2.75, 3.05) is 0 Å². The lowest BCUT2D eigenvalue weighted by Gasteiger charge is -2.17. The zero-order chi connectivity index (χ0) is 18.0. The average Bonchev–Trinajstić information content (AvgIpc) is 2.55. The number of aliphatic hydroxyl groups excluding tert-OH is 2. The van der Waals surface area contributed by atoms with E-state index in [9.17, 15) is 15.0 Å². The van der Waals surface area contributed by atoms with Gasteiger partial charge in [0.05, 0.1) is 12.2 Å². The summed E-state index contributed by atoms with van der Waals surface area (Å²) in [6.45, 7) is 2.21. The number of carbonyl (C=O) groups is 1. The van der Waals surface area contributed by atoms with Crippen LogP contribution in [-0.4, -0.2) is 33.5 Å². The highest BCUT2D eigenvalue weighted by Gasteiger charge is 2.15. The Labute approximate surface area is 148 Å². The molecule has 0 aromatic heterocycles. The number of aliphatic carboxylic acids is 1. The lowest BCUT2D eigenvalue weighted by molar-refractivity contribution is -0.137. The Balaban J connectivity index is 3.35. The zero-order valence-electron chi connectivity index (χ0n) is 15.7. The first-order chi connectivity index (χ1) is 11.6. The van der Waals surface area contributed by atoms with E-state index < -0.39 is 18.2 Å². The van der Waals surface area contributed by atoms with E-state index in [1.54, 1.807) is 0 Å². The molecule has 4 nitrogen and oxygen atoms in total. The summed E-state index contributed by atoms with van der Waals surface area (Å²) in [6.07, 6.45) is 15.0. The average molecular weight is 345 g/mol. The monoisotopic (exact) mass is 344 g/mol. The van der Waals surface area contributed by atoms with Gasteiger partial charge in [0.1, 0.15) is 0 Å². The molecular formula is C20H40O4. The molecule has 4 heteroatoms. The Hall–Kier alpha value is -0.610. The van der Waals surface area contributed by atoms with Crippen molar-refractivity contribution in [2.45, 2.75) is 122 Å². The van der Waals surface area contributed by atoms with E-state index in [0.29, 0.717) is 6.42 Å². The molecule has 24 heavy (non-hydrogen) atoms. The molecule has 0 fully saturated rings. The Bertz CT molecular complexity index is 281. The molecule has 144 valence electrons. The predicted molar refractivity (Wildman–Crippen MR) is 99.2 cm³/mol. The highest BCUT2D eigenvalue weighted by atomic mass is 16.4. The second-order valence-electron chi connectivity index (χ2n) is 7.10. The second-order valence-corrected chi connectivity index (χ2v) is 7.10. The van der Waals surface area contributed by atoms with Crippen molar-refractivity contribution in [3.05, 3.63) is 0 Å². The molecule has 0 aliphatic rings. The predicted octanol–water partition coefficient (Wildman–Crippen LogP) is 5.05. The lowest BCUT2D eigenvalue weighted by atomic mass is 9.99. The third kappa shape index (κ3) is 16.3. The SMILES string of the molecule is CCCCCCCC[C@H](O)[C@@H](O)CCCCCCCCCC(=O)O. The van der Waals surface area contributed by atoms with E-state index in [4.69, 9.17) is 5.11 Å². The number of hydrogen-bond acceptors (Lipinski definition) is 3. The minimum absolute atomic E-state index is 0.280. The van der Waals surface area contributed by atoms with Crippen LogP contribution in [0.5, 0.6) is 0 Å². The normalized spacial score (nSPS) is 13.8. The van der Waals surface area contributed by atoms with Crippen LogP contribution in [0.25, 0.3) is 0 Å². The Kier molecular flexibility index (Phi) is 16.8. The van der Waals surface area contributed by atoms with Gasteiger partial charge in [0.2, 0.25) is 0 Å². The number of hydrogen-bond donors (Lipinski definition) is 3. The summed E-state index contributed by atoms with van der Waals surface area (Å²) in [5.74, 6) is -0.705. The fourth-order valence-electron chi connectivity index (χ4n) is 3.03. The van der Waals surface area contributed by atoms with Crippen LogP contribution in [0.2, 0.25) is 0 Å². The molecule has 0 saturated carbocycles. The van der Waals surface area contributed by atoms with Gasteiger partial charge >= 0.3 is 5.97 Å². The highest BCUT2D eigenvalue weighted by Crippen LogP contribution is 2.15. The number of aliphatic hydroxyl groups is 2. The van der Waals surface area contributed by atoms with E-state index in [2.05, 4.69) is 6.92 Å². The van der Waals surface area contributed by atoms with Crippen molar-refractivity contribution in [2.24, 2.45) is 0 Å². The second kappa shape index (κ2) is 17.2. The van der Waals surface area contributed by atoms with Crippen LogP contribution in [0.15, 0.2) is 0 Å². The zero-order valence-corrected chi connectivity index (χ0v) is 15.7. The van der Waals surface area contributed by atoms with Gasteiger partial charge in [-0.25, -0.2) is 0 Å². The van der Waals surface area contributed by atoms with E-state index in [1.165, 1.54) is 25.7 Å². The van der Waals surface area contributed by atoms with Crippen LogP contribution in [0.4, 0.5) is 0 Å². The quantitative estimate of drug-likeness (QED) is 0.304. The summed E-state index contributed by atoms with van der Waals surface area (Å²) in [4.78, 5) is 10.4. The summed E-state index contributed by atoms with van der Waals surface area (Å²) in [6, 6.07) is 0. The van der Waals surface area contributed by atoms with Gasteiger partial charge in [0, 0.05) is 6.42 Å². The van der Waals surface area contributed by atoms with Crippen LogP contribution >= 0.6 is 0 Å². The van der Waals surface area contributed by atoms with Crippen molar-refractivity contribution in [3.63, 3.8) is 0 Å². The highest BCUT2D eigenvalue weighted by molar-refractivity contribution is 5.66. The minimum Gasteiger partial charge on any atom is -0.481 e. The maximum Gasteiger partial charge on any atom is 0.303 e. The molecule has 3 N–H and O–H groups in total. The smallest absolute Gasteiger partial charge is 0.303 e. The van der Waals surface area contributed by atoms with Crippen LogP contribution < -0.4 is 0 Å². The van der Waals surface area contributed by atoms with Crippen molar-refractivity contribution < 1.29 is 20.1 Å². The van der Waals surface area contributed by atoms with Gasteiger partial charge in [-0.3, -0.25) is 4.79 Å². The standard InChI is InChI=1S/C20H40O4/c1-2-3-4-5-9-12-15-18(21)19(22)16-13-10-7-6-8-11-14-17-20(23)24/h18-19,21-22H,2-17H2,1H3,(H,23,24)/t18-,19-/m0/s1. The van der Waals surface area contributed by atoms with Crippen LogP contribution in [0.1, 0.15) is 110 Å². The summed E-state index contributed by atoms with van der Waals surface area (Å²) < 4.78 is 0. The minimum atomic E-state index is -0.705. The van der Waals surface area contributed by atoms with Gasteiger partial charge < -0.3 is 15.3 Å². The third-order valence-electron chi connectivity index (χ3n) is 4.69.